The number of anilines is 1. The van der Waals surface area contributed by atoms with Gasteiger partial charge in [-0.2, -0.15) is 0 Å². The van der Waals surface area contributed by atoms with Crippen molar-refractivity contribution >= 4 is 16.6 Å². The molecule has 3 aromatic rings. The fourth-order valence-corrected chi connectivity index (χ4v) is 5.22. The first-order valence-electron chi connectivity index (χ1n) is 12.8. The first-order chi connectivity index (χ1) is 18.3. The molecular formula is C28H34F3N3O4. The van der Waals surface area contributed by atoms with Gasteiger partial charge in [0, 0.05) is 54.7 Å². The lowest BCUT2D eigenvalue weighted by Gasteiger charge is -2.41. The molecule has 206 valence electrons. The van der Waals surface area contributed by atoms with E-state index in [0.29, 0.717) is 48.3 Å². The standard InChI is InChI=1S/C28H34F3N3O4/c1-38-20-2-3-24-21(14-20)26(18(16-35)15-33-24)25(37)4-5-28(17-36)6-9-34(10-7-28)11-8-32-19-12-22(29)27(31)23(30)13-19/h2-3,12-15,25,32,35-37H,4-11,16-17H2,1H3/t25-/m1/s1. The number of hydrogen-bond acceptors (Lipinski definition) is 7. The smallest absolute Gasteiger partial charge is 0.194 e. The molecule has 1 aromatic heterocycles. The van der Waals surface area contributed by atoms with Crippen LogP contribution in [-0.4, -0.2) is 65.1 Å². The molecule has 2 aromatic carbocycles. The molecule has 0 unspecified atom stereocenters. The Morgan fingerprint density at radius 3 is 2.45 bits per heavy atom. The largest absolute Gasteiger partial charge is 0.497 e. The second-order valence-electron chi connectivity index (χ2n) is 9.97. The van der Waals surface area contributed by atoms with Crippen LogP contribution in [0, 0.1) is 22.9 Å². The Balaban J connectivity index is 1.34. The van der Waals surface area contributed by atoms with Crippen molar-refractivity contribution in [3.05, 3.63) is 65.1 Å². The number of likely N-dealkylation sites (tertiary alicyclic amines) is 1. The highest BCUT2D eigenvalue weighted by molar-refractivity contribution is 5.85. The monoisotopic (exact) mass is 533 g/mol. The Bertz CT molecular complexity index is 1220. The molecule has 0 radical (unpaired) electrons. The highest BCUT2D eigenvalue weighted by Crippen LogP contribution is 2.39. The highest BCUT2D eigenvalue weighted by Gasteiger charge is 2.34. The second-order valence-corrected chi connectivity index (χ2v) is 9.97. The number of rotatable bonds is 11. The van der Waals surface area contributed by atoms with Crippen LogP contribution < -0.4 is 10.1 Å². The molecule has 4 rings (SSSR count). The predicted octanol–water partition coefficient (Wildman–Crippen LogP) is 4.15. The van der Waals surface area contributed by atoms with Gasteiger partial charge in [0.25, 0.3) is 0 Å². The van der Waals surface area contributed by atoms with Crippen molar-refractivity contribution in [1.29, 1.82) is 0 Å². The fraction of sp³-hybridized carbons (Fsp3) is 0.464. The van der Waals surface area contributed by atoms with E-state index in [1.807, 2.05) is 12.1 Å². The highest BCUT2D eigenvalue weighted by atomic mass is 19.2. The zero-order valence-corrected chi connectivity index (χ0v) is 21.4. The first kappa shape index (κ1) is 28.1. The summed E-state index contributed by atoms with van der Waals surface area (Å²) in [6.07, 6.45) is 3.20. The Labute approximate surface area is 219 Å². The predicted molar refractivity (Wildman–Crippen MR) is 138 cm³/mol. The summed E-state index contributed by atoms with van der Waals surface area (Å²) in [5, 5.41) is 35.0. The van der Waals surface area contributed by atoms with E-state index < -0.39 is 23.6 Å². The molecule has 1 saturated heterocycles. The molecule has 10 heteroatoms. The van der Waals surface area contributed by atoms with Crippen LogP contribution in [0.3, 0.4) is 0 Å². The molecule has 38 heavy (non-hydrogen) atoms. The molecule has 1 aliphatic heterocycles. The van der Waals surface area contributed by atoms with Crippen molar-refractivity contribution in [2.24, 2.45) is 5.41 Å². The van der Waals surface area contributed by atoms with E-state index in [1.54, 1.807) is 19.4 Å². The summed E-state index contributed by atoms with van der Waals surface area (Å²) in [5.74, 6) is -3.32. The van der Waals surface area contributed by atoms with Crippen LogP contribution in [0.25, 0.3) is 10.9 Å². The maximum absolute atomic E-state index is 13.4. The average Bonchev–Trinajstić information content (AvgIpc) is 2.94. The van der Waals surface area contributed by atoms with Gasteiger partial charge in [-0.05, 0) is 68.0 Å². The number of pyridine rings is 1. The number of hydrogen-bond donors (Lipinski definition) is 4. The minimum atomic E-state index is -1.48. The molecule has 1 atom stereocenters. The number of benzene rings is 2. The number of nitrogens with one attached hydrogen (secondary N) is 1. The summed E-state index contributed by atoms with van der Waals surface area (Å²) in [5.41, 5.74) is 1.72. The van der Waals surface area contributed by atoms with Gasteiger partial charge in [0.2, 0.25) is 0 Å². The number of aliphatic hydroxyl groups is 3. The molecule has 0 amide bonds. The summed E-state index contributed by atoms with van der Waals surface area (Å²) in [7, 11) is 1.57. The Morgan fingerprint density at radius 1 is 1.11 bits per heavy atom. The minimum Gasteiger partial charge on any atom is -0.497 e. The van der Waals surface area contributed by atoms with E-state index in [-0.39, 0.29) is 24.3 Å². The molecule has 0 bridgehead atoms. The van der Waals surface area contributed by atoms with Gasteiger partial charge in [-0.25, -0.2) is 13.2 Å². The van der Waals surface area contributed by atoms with Crippen molar-refractivity contribution in [2.75, 3.05) is 45.2 Å². The summed E-state index contributed by atoms with van der Waals surface area (Å²) in [6, 6.07) is 7.28. The zero-order valence-electron chi connectivity index (χ0n) is 21.4. The third kappa shape index (κ3) is 6.20. The third-order valence-electron chi connectivity index (χ3n) is 7.64. The Kier molecular flexibility index (Phi) is 9.09. The van der Waals surface area contributed by atoms with Crippen LogP contribution in [0.1, 0.15) is 42.9 Å². The summed E-state index contributed by atoms with van der Waals surface area (Å²) < 4.78 is 45.3. The quantitative estimate of drug-likeness (QED) is 0.275. The van der Waals surface area contributed by atoms with E-state index in [1.165, 1.54) is 0 Å². The number of fused-ring (bicyclic) bond motifs is 1. The zero-order chi connectivity index (χ0) is 27.3. The molecule has 4 N–H and O–H groups in total. The third-order valence-corrected chi connectivity index (χ3v) is 7.64. The average molecular weight is 534 g/mol. The van der Waals surface area contributed by atoms with Gasteiger partial charge in [0.1, 0.15) is 5.75 Å². The van der Waals surface area contributed by atoms with E-state index >= 15 is 0 Å². The van der Waals surface area contributed by atoms with Crippen LogP contribution in [-0.2, 0) is 6.61 Å². The first-order valence-corrected chi connectivity index (χ1v) is 12.8. The molecule has 0 spiro atoms. The van der Waals surface area contributed by atoms with Gasteiger partial charge in [0.05, 0.1) is 25.3 Å². The number of methoxy groups -OCH3 is 1. The number of piperidine rings is 1. The molecule has 2 heterocycles. The van der Waals surface area contributed by atoms with E-state index in [4.69, 9.17) is 4.74 Å². The number of nitrogens with zero attached hydrogens (tertiary/aromatic N) is 2. The maximum atomic E-state index is 13.4. The lowest BCUT2D eigenvalue weighted by atomic mass is 9.74. The number of halogens is 3. The normalized spacial score (nSPS) is 16.5. The van der Waals surface area contributed by atoms with Crippen LogP contribution in [0.2, 0.25) is 0 Å². The van der Waals surface area contributed by atoms with Gasteiger partial charge >= 0.3 is 0 Å². The van der Waals surface area contributed by atoms with Crippen LogP contribution in [0.15, 0.2) is 36.5 Å². The maximum Gasteiger partial charge on any atom is 0.194 e. The Hall–Kier alpha value is -2.92. The van der Waals surface area contributed by atoms with Gasteiger partial charge in [0.15, 0.2) is 17.5 Å². The number of aromatic nitrogens is 1. The number of ether oxygens (including phenoxy) is 1. The van der Waals surface area contributed by atoms with Gasteiger partial charge in [-0.15, -0.1) is 0 Å². The Morgan fingerprint density at radius 2 is 1.82 bits per heavy atom. The minimum absolute atomic E-state index is 0.00227. The van der Waals surface area contributed by atoms with Gasteiger partial charge < -0.3 is 30.3 Å². The fourth-order valence-electron chi connectivity index (χ4n) is 5.22. The van der Waals surface area contributed by atoms with Gasteiger partial charge in [-0.1, -0.05) is 0 Å². The van der Waals surface area contributed by atoms with Crippen molar-refractivity contribution in [1.82, 2.24) is 9.88 Å². The van der Waals surface area contributed by atoms with Crippen molar-refractivity contribution < 1.29 is 33.2 Å². The van der Waals surface area contributed by atoms with E-state index in [9.17, 15) is 28.5 Å². The van der Waals surface area contributed by atoms with Crippen LogP contribution >= 0.6 is 0 Å². The van der Waals surface area contributed by atoms with E-state index in [0.717, 1.165) is 43.5 Å². The molecule has 0 aliphatic carbocycles. The second kappa shape index (κ2) is 12.3. The topological polar surface area (TPSA) is 98.1 Å². The molecule has 0 saturated carbocycles. The molecule has 1 aliphatic rings. The lowest BCUT2D eigenvalue weighted by Crippen LogP contribution is -2.43. The van der Waals surface area contributed by atoms with Crippen molar-refractivity contribution in [3.63, 3.8) is 0 Å². The van der Waals surface area contributed by atoms with Crippen LogP contribution in [0.5, 0.6) is 5.75 Å². The number of aliphatic hydroxyl groups excluding tert-OH is 3. The SMILES string of the molecule is COc1ccc2ncc(CO)c([C@H](O)CCC3(CO)CCN(CCNc4cc(F)c(F)c(F)c4)CC3)c2c1. The van der Waals surface area contributed by atoms with Crippen molar-refractivity contribution in [3.8, 4) is 5.75 Å². The molecular weight excluding hydrogens is 499 g/mol. The molecule has 1 fully saturated rings. The van der Waals surface area contributed by atoms with Crippen molar-refractivity contribution in [2.45, 2.75) is 38.4 Å². The summed E-state index contributed by atoms with van der Waals surface area (Å²) in [6.45, 7) is 2.24. The van der Waals surface area contributed by atoms with Gasteiger partial charge in [-0.3, -0.25) is 4.98 Å². The summed E-state index contributed by atoms with van der Waals surface area (Å²) in [4.78, 5) is 6.58. The van der Waals surface area contributed by atoms with E-state index in [2.05, 4.69) is 15.2 Å². The lowest BCUT2D eigenvalue weighted by molar-refractivity contribution is 0.0246. The van der Waals surface area contributed by atoms with Crippen LogP contribution in [0.4, 0.5) is 18.9 Å². The summed E-state index contributed by atoms with van der Waals surface area (Å²) >= 11 is 0. The molecule has 7 nitrogen and oxygen atoms in total.